The average molecular weight is 198 g/mol. The Morgan fingerprint density at radius 1 is 1.21 bits per heavy atom. The van der Waals surface area contributed by atoms with Gasteiger partial charge in [-0.2, -0.15) is 0 Å². The first-order chi connectivity index (χ1) is 6.59. The van der Waals surface area contributed by atoms with Crippen molar-refractivity contribution in [1.29, 1.82) is 0 Å². The van der Waals surface area contributed by atoms with Crippen molar-refractivity contribution in [3.63, 3.8) is 0 Å². The molecule has 14 heavy (non-hydrogen) atoms. The molecular weight excluding hydrogens is 182 g/mol. The monoisotopic (exact) mass is 198 g/mol. The first-order valence-corrected chi connectivity index (χ1v) is 4.97. The minimum Gasteiger partial charge on any atom is -0.346 e. The molecule has 0 aromatic carbocycles. The Morgan fingerprint density at radius 3 is 2.21 bits per heavy atom. The van der Waals surface area contributed by atoms with Crippen molar-refractivity contribution in [2.24, 2.45) is 0 Å². The lowest BCUT2D eigenvalue weighted by Gasteiger charge is -2.34. The van der Waals surface area contributed by atoms with Crippen molar-refractivity contribution < 1.29 is 14.9 Å². The summed E-state index contributed by atoms with van der Waals surface area (Å²) >= 11 is 0. The third-order valence-corrected chi connectivity index (χ3v) is 3.44. The van der Waals surface area contributed by atoms with Gasteiger partial charge in [-0.15, -0.1) is 0 Å². The normalized spacial score (nSPS) is 26.4. The lowest BCUT2D eigenvalue weighted by atomic mass is 9.87. The lowest BCUT2D eigenvalue weighted by molar-refractivity contribution is -0.665. The molecule has 0 radical (unpaired) electrons. The van der Waals surface area contributed by atoms with Crippen LogP contribution in [-0.4, -0.2) is 54.5 Å². The third-order valence-electron chi connectivity index (χ3n) is 3.44. The van der Waals surface area contributed by atoms with E-state index in [1.807, 2.05) is 0 Å². The largest absolute Gasteiger partial charge is 0.346 e. The summed E-state index contributed by atoms with van der Waals surface area (Å²) in [5, 5.41) is 2.19. The topological polar surface area (TPSA) is 57.2 Å². The number of carbonyl (C=O) groups excluding carboxylic acids is 2. The number of hydrogen-bond donors (Lipinski definition) is 1. The molecule has 2 fully saturated rings. The second-order valence-corrected chi connectivity index (χ2v) is 4.10. The maximum absolute atomic E-state index is 12.0. The molecule has 0 atom stereocenters. The number of quaternary nitrogens is 1. The summed E-state index contributed by atoms with van der Waals surface area (Å²) in [7, 11) is 3.29. The number of piperidine rings is 1. The highest BCUT2D eigenvalue weighted by Gasteiger charge is 2.55. The van der Waals surface area contributed by atoms with E-state index < -0.39 is 5.54 Å². The van der Waals surface area contributed by atoms with Crippen LogP contribution >= 0.6 is 0 Å². The number of nitrogens with two attached hydrogens (primary N) is 1. The molecule has 5 nitrogen and oxygen atoms in total. The molecule has 0 aliphatic carbocycles. The Hall–Kier alpha value is -1.10. The van der Waals surface area contributed by atoms with Gasteiger partial charge >= 0.3 is 6.03 Å². The maximum atomic E-state index is 12.0. The SMILES string of the molecule is CN1C(=O)N(C)C2(CC[NH2+]CC2)C1=O. The van der Waals surface area contributed by atoms with E-state index in [9.17, 15) is 9.59 Å². The van der Waals surface area contributed by atoms with Gasteiger partial charge in [0.2, 0.25) is 0 Å². The van der Waals surface area contributed by atoms with Gasteiger partial charge in [0, 0.05) is 26.9 Å². The molecule has 78 valence electrons. The molecule has 0 saturated carbocycles. The standard InChI is InChI=1S/C9H15N3O2/c1-11-7(13)9(12(2)8(11)14)3-5-10-6-4-9/h10H,3-6H2,1-2H3/p+1. The van der Waals surface area contributed by atoms with Crippen LogP contribution in [0.2, 0.25) is 0 Å². The van der Waals surface area contributed by atoms with Gasteiger partial charge in [-0.05, 0) is 0 Å². The zero-order valence-corrected chi connectivity index (χ0v) is 8.62. The molecule has 0 unspecified atom stereocenters. The Bertz CT molecular complexity index is 284. The van der Waals surface area contributed by atoms with Gasteiger partial charge in [-0.25, -0.2) is 4.79 Å². The van der Waals surface area contributed by atoms with Crippen LogP contribution in [-0.2, 0) is 4.79 Å². The Labute approximate surface area is 83.0 Å². The van der Waals surface area contributed by atoms with E-state index in [4.69, 9.17) is 0 Å². The van der Waals surface area contributed by atoms with Crippen LogP contribution in [0.4, 0.5) is 4.79 Å². The fraction of sp³-hybridized carbons (Fsp3) is 0.778. The van der Waals surface area contributed by atoms with Crippen molar-refractivity contribution >= 4 is 11.9 Å². The van der Waals surface area contributed by atoms with E-state index in [0.29, 0.717) is 0 Å². The van der Waals surface area contributed by atoms with Crippen LogP contribution in [0.15, 0.2) is 0 Å². The molecule has 2 saturated heterocycles. The summed E-state index contributed by atoms with van der Waals surface area (Å²) in [6.07, 6.45) is 1.55. The van der Waals surface area contributed by atoms with Gasteiger partial charge < -0.3 is 10.2 Å². The van der Waals surface area contributed by atoms with E-state index >= 15 is 0 Å². The molecule has 1 spiro atoms. The molecule has 5 heteroatoms. The number of nitrogens with zero attached hydrogens (tertiary/aromatic N) is 2. The summed E-state index contributed by atoms with van der Waals surface area (Å²) in [6.45, 7) is 1.86. The van der Waals surface area contributed by atoms with E-state index in [1.165, 1.54) is 4.90 Å². The highest BCUT2D eigenvalue weighted by Crippen LogP contribution is 2.32. The third kappa shape index (κ3) is 0.987. The van der Waals surface area contributed by atoms with E-state index in [2.05, 4.69) is 5.32 Å². The minimum absolute atomic E-state index is 0.0295. The fourth-order valence-electron chi connectivity index (χ4n) is 2.45. The van der Waals surface area contributed by atoms with Crippen molar-refractivity contribution in [3.05, 3.63) is 0 Å². The molecular formula is C9H16N3O2+. The van der Waals surface area contributed by atoms with Crippen molar-refractivity contribution in [3.8, 4) is 0 Å². The zero-order chi connectivity index (χ0) is 10.3. The molecule has 2 rings (SSSR count). The Balaban J connectivity index is 2.33. The van der Waals surface area contributed by atoms with Crippen LogP contribution in [0.5, 0.6) is 0 Å². The summed E-state index contributed by atoms with van der Waals surface area (Å²) in [5.41, 5.74) is -0.527. The Morgan fingerprint density at radius 2 is 1.79 bits per heavy atom. The van der Waals surface area contributed by atoms with Crippen molar-refractivity contribution in [2.45, 2.75) is 18.4 Å². The van der Waals surface area contributed by atoms with Crippen LogP contribution in [0.25, 0.3) is 0 Å². The van der Waals surface area contributed by atoms with E-state index in [-0.39, 0.29) is 11.9 Å². The second-order valence-electron chi connectivity index (χ2n) is 4.10. The maximum Gasteiger partial charge on any atom is 0.327 e. The van der Waals surface area contributed by atoms with Gasteiger partial charge in [0.25, 0.3) is 5.91 Å². The van der Waals surface area contributed by atoms with Crippen LogP contribution in [0, 0.1) is 0 Å². The quantitative estimate of drug-likeness (QED) is 0.487. The van der Waals surface area contributed by atoms with Crippen LogP contribution < -0.4 is 5.32 Å². The molecule has 0 aromatic heterocycles. The predicted molar refractivity (Wildman–Crippen MR) is 49.6 cm³/mol. The smallest absolute Gasteiger partial charge is 0.327 e. The molecule has 0 bridgehead atoms. The highest BCUT2D eigenvalue weighted by molar-refractivity contribution is 6.06. The zero-order valence-electron chi connectivity index (χ0n) is 8.62. The Kier molecular flexibility index (Phi) is 1.99. The number of imide groups is 1. The van der Waals surface area contributed by atoms with Crippen LogP contribution in [0.3, 0.4) is 0 Å². The van der Waals surface area contributed by atoms with E-state index in [1.54, 1.807) is 19.0 Å². The van der Waals surface area contributed by atoms with E-state index in [0.717, 1.165) is 25.9 Å². The number of likely N-dealkylation sites (N-methyl/N-ethyl adjacent to an activating group) is 2. The number of carbonyl (C=O) groups is 2. The summed E-state index contributed by atoms with van der Waals surface area (Å²) < 4.78 is 0. The molecule has 2 aliphatic rings. The summed E-state index contributed by atoms with van der Waals surface area (Å²) in [6, 6.07) is -0.170. The summed E-state index contributed by atoms with van der Waals surface area (Å²) in [4.78, 5) is 26.4. The van der Waals surface area contributed by atoms with Gasteiger partial charge in [0.05, 0.1) is 13.1 Å². The molecule has 0 aromatic rings. The molecule has 3 amide bonds. The second kappa shape index (κ2) is 2.95. The minimum atomic E-state index is -0.527. The molecule has 2 aliphatic heterocycles. The highest BCUT2D eigenvalue weighted by atomic mass is 16.2. The lowest BCUT2D eigenvalue weighted by Crippen LogP contribution is -2.88. The number of hydrogen-bond acceptors (Lipinski definition) is 2. The van der Waals surface area contributed by atoms with Gasteiger partial charge in [-0.1, -0.05) is 0 Å². The van der Waals surface area contributed by atoms with Gasteiger partial charge in [0.1, 0.15) is 5.54 Å². The van der Waals surface area contributed by atoms with Crippen molar-refractivity contribution in [2.75, 3.05) is 27.2 Å². The number of amides is 3. The number of urea groups is 1. The predicted octanol–water partition coefficient (Wildman–Crippen LogP) is -1.39. The fourth-order valence-corrected chi connectivity index (χ4v) is 2.45. The summed E-state index contributed by atoms with van der Waals surface area (Å²) in [5.74, 6) is -0.0295. The molecule has 2 heterocycles. The average Bonchev–Trinajstić information content (AvgIpc) is 2.37. The van der Waals surface area contributed by atoms with Crippen LogP contribution in [0.1, 0.15) is 12.8 Å². The number of rotatable bonds is 0. The molecule has 2 N–H and O–H groups in total. The first kappa shape index (κ1) is 9.45. The van der Waals surface area contributed by atoms with Gasteiger partial charge in [0.15, 0.2) is 0 Å². The van der Waals surface area contributed by atoms with Crippen molar-refractivity contribution in [1.82, 2.24) is 9.80 Å². The first-order valence-electron chi connectivity index (χ1n) is 4.97. The van der Waals surface area contributed by atoms with Gasteiger partial charge in [-0.3, -0.25) is 9.69 Å².